The van der Waals surface area contributed by atoms with Crippen molar-refractivity contribution in [1.82, 2.24) is 30.8 Å². The van der Waals surface area contributed by atoms with Crippen LogP contribution < -0.4 is 5.32 Å². The Kier molecular flexibility index (Phi) is 5.46. The van der Waals surface area contributed by atoms with Crippen molar-refractivity contribution in [2.75, 3.05) is 19.6 Å². The predicted octanol–water partition coefficient (Wildman–Crippen LogP) is 0.889. The van der Waals surface area contributed by atoms with Crippen LogP contribution in [-0.4, -0.2) is 51.1 Å². The third-order valence-electron chi connectivity index (χ3n) is 3.85. The van der Waals surface area contributed by atoms with Gasteiger partial charge in [0, 0.05) is 6.42 Å². The molecule has 0 radical (unpaired) electrons. The monoisotopic (exact) mass is 280 g/mol. The van der Waals surface area contributed by atoms with Gasteiger partial charge in [-0.3, -0.25) is 4.79 Å². The zero-order chi connectivity index (χ0) is 14.4. The minimum Gasteiger partial charge on any atom is -0.346 e. The summed E-state index contributed by atoms with van der Waals surface area (Å²) in [5.74, 6) is 1.10. The van der Waals surface area contributed by atoms with E-state index in [1.165, 1.54) is 13.0 Å². The summed E-state index contributed by atoms with van der Waals surface area (Å²) in [6, 6.07) is -0.193. The Bertz CT molecular complexity index is 399. The van der Waals surface area contributed by atoms with Gasteiger partial charge in [0.05, 0.1) is 6.04 Å². The van der Waals surface area contributed by atoms with Crippen molar-refractivity contribution in [2.24, 2.45) is 5.92 Å². The number of hydrogen-bond acceptors (Lipinski definition) is 5. The van der Waals surface area contributed by atoms with Crippen molar-refractivity contribution in [2.45, 2.75) is 45.6 Å². The van der Waals surface area contributed by atoms with E-state index in [-0.39, 0.29) is 11.9 Å². The molecule has 2 N–H and O–H groups in total. The fourth-order valence-corrected chi connectivity index (χ4v) is 2.71. The predicted molar refractivity (Wildman–Crippen MR) is 74.8 cm³/mol. The average Bonchev–Trinajstić information content (AvgIpc) is 2.95. The minimum atomic E-state index is -0.193. The standard InChI is InChI=1S/C13H24N6O/c1-3-6-19-7-4-11(5-8-19)9-12(20)14-10(2)13-15-17-18-16-13/h10-11H,3-9H2,1-2H3,(H,14,20)(H,15,16,17,18). The number of aromatic amines is 1. The normalized spacial score (nSPS) is 18.9. The first-order valence-electron chi connectivity index (χ1n) is 7.44. The van der Waals surface area contributed by atoms with Gasteiger partial charge in [0.2, 0.25) is 5.91 Å². The molecule has 1 unspecified atom stereocenters. The molecule has 1 amide bonds. The van der Waals surface area contributed by atoms with E-state index < -0.39 is 0 Å². The molecule has 1 aromatic rings. The highest BCUT2D eigenvalue weighted by Gasteiger charge is 2.22. The maximum atomic E-state index is 12.0. The Morgan fingerprint density at radius 3 is 2.85 bits per heavy atom. The first-order valence-corrected chi connectivity index (χ1v) is 7.44. The molecule has 1 aliphatic rings. The summed E-state index contributed by atoms with van der Waals surface area (Å²) in [7, 11) is 0. The van der Waals surface area contributed by atoms with E-state index in [1.807, 2.05) is 6.92 Å². The van der Waals surface area contributed by atoms with E-state index in [4.69, 9.17) is 0 Å². The van der Waals surface area contributed by atoms with Gasteiger partial charge in [-0.05, 0) is 51.7 Å². The number of aromatic nitrogens is 4. The van der Waals surface area contributed by atoms with Gasteiger partial charge in [-0.15, -0.1) is 10.2 Å². The largest absolute Gasteiger partial charge is 0.346 e. The number of hydrogen-bond donors (Lipinski definition) is 2. The van der Waals surface area contributed by atoms with Crippen LogP contribution in [0.1, 0.15) is 51.4 Å². The van der Waals surface area contributed by atoms with Gasteiger partial charge in [0.25, 0.3) is 0 Å². The second kappa shape index (κ2) is 7.33. The number of H-pyrrole nitrogens is 1. The summed E-state index contributed by atoms with van der Waals surface area (Å²) < 4.78 is 0. The van der Waals surface area contributed by atoms with Crippen LogP contribution in [0.3, 0.4) is 0 Å². The molecule has 7 nitrogen and oxygen atoms in total. The lowest BCUT2D eigenvalue weighted by Crippen LogP contribution is -2.36. The van der Waals surface area contributed by atoms with Crippen LogP contribution in [-0.2, 0) is 4.79 Å². The van der Waals surface area contributed by atoms with E-state index in [9.17, 15) is 4.79 Å². The summed E-state index contributed by atoms with van der Waals surface area (Å²) in [6.45, 7) is 7.48. The van der Waals surface area contributed by atoms with E-state index >= 15 is 0 Å². The van der Waals surface area contributed by atoms with Gasteiger partial charge in [0.1, 0.15) is 0 Å². The van der Waals surface area contributed by atoms with E-state index in [1.54, 1.807) is 0 Å². The number of nitrogens with one attached hydrogen (secondary N) is 2. The topological polar surface area (TPSA) is 86.8 Å². The Hall–Kier alpha value is -1.50. The summed E-state index contributed by atoms with van der Waals surface area (Å²) in [4.78, 5) is 14.5. The second-order valence-electron chi connectivity index (χ2n) is 5.55. The van der Waals surface area contributed by atoms with Crippen LogP contribution in [0.25, 0.3) is 0 Å². The van der Waals surface area contributed by atoms with Gasteiger partial charge in [0.15, 0.2) is 5.82 Å². The number of piperidine rings is 1. The molecular weight excluding hydrogens is 256 g/mol. The summed E-state index contributed by atoms with van der Waals surface area (Å²) in [6.07, 6.45) is 4.03. The van der Waals surface area contributed by atoms with Crippen molar-refractivity contribution in [3.05, 3.63) is 5.82 Å². The van der Waals surface area contributed by atoms with Gasteiger partial charge < -0.3 is 10.2 Å². The van der Waals surface area contributed by atoms with Crippen molar-refractivity contribution < 1.29 is 4.79 Å². The number of carbonyl (C=O) groups is 1. The number of amides is 1. The molecule has 1 aliphatic heterocycles. The van der Waals surface area contributed by atoms with Crippen LogP contribution >= 0.6 is 0 Å². The van der Waals surface area contributed by atoms with Crippen LogP contribution in [0.2, 0.25) is 0 Å². The lowest BCUT2D eigenvalue weighted by molar-refractivity contribution is -0.123. The molecule has 1 atom stereocenters. The summed E-state index contributed by atoms with van der Waals surface area (Å²) in [5, 5.41) is 16.6. The quantitative estimate of drug-likeness (QED) is 0.808. The molecule has 1 fully saturated rings. The molecule has 7 heteroatoms. The molecule has 0 aliphatic carbocycles. The van der Waals surface area contributed by atoms with Crippen LogP contribution in [0, 0.1) is 5.92 Å². The fourth-order valence-electron chi connectivity index (χ4n) is 2.71. The summed E-state index contributed by atoms with van der Waals surface area (Å²) in [5.41, 5.74) is 0. The van der Waals surface area contributed by atoms with Gasteiger partial charge in [-0.2, -0.15) is 5.21 Å². The van der Waals surface area contributed by atoms with Gasteiger partial charge in [-0.25, -0.2) is 0 Å². The highest BCUT2D eigenvalue weighted by molar-refractivity contribution is 5.76. The SMILES string of the molecule is CCCN1CCC(CC(=O)NC(C)c2nn[nH]n2)CC1. The maximum absolute atomic E-state index is 12.0. The van der Waals surface area contributed by atoms with E-state index in [2.05, 4.69) is 37.8 Å². The average molecular weight is 280 g/mol. The highest BCUT2D eigenvalue weighted by atomic mass is 16.1. The van der Waals surface area contributed by atoms with Crippen LogP contribution in [0.4, 0.5) is 0 Å². The molecule has 0 spiro atoms. The number of rotatable bonds is 6. The number of likely N-dealkylation sites (tertiary alicyclic amines) is 1. The Morgan fingerprint density at radius 1 is 1.50 bits per heavy atom. The minimum absolute atomic E-state index is 0.0799. The third kappa shape index (κ3) is 4.26. The van der Waals surface area contributed by atoms with E-state index in [0.29, 0.717) is 18.2 Å². The van der Waals surface area contributed by atoms with Gasteiger partial charge >= 0.3 is 0 Å². The number of nitrogens with zero attached hydrogens (tertiary/aromatic N) is 4. The summed E-state index contributed by atoms with van der Waals surface area (Å²) >= 11 is 0. The van der Waals surface area contributed by atoms with Crippen molar-refractivity contribution in [1.29, 1.82) is 0 Å². The molecule has 1 aromatic heterocycles. The zero-order valence-corrected chi connectivity index (χ0v) is 12.3. The zero-order valence-electron chi connectivity index (χ0n) is 12.3. The fraction of sp³-hybridized carbons (Fsp3) is 0.846. The van der Waals surface area contributed by atoms with Crippen LogP contribution in [0.15, 0.2) is 0 Å². The second-order valence-corrected chi connectivity index (χ2v) is 5.55. The highest BCUT2D eigenvalue weighted by Crippen LogP contribution is 2.20. The van der Waals surface area contributed by atoms with Gasteiger partial charge in [-0.1, -0.05) is 12.1 Å². The van der Waals surface area contributed by atoms with Crippen LogP contribution in [0.5, 0.6) is 0 Å². The van der Waals surface area contributed by atoms with E-state index in [0.717, 1.165) is 25.9 Å². The lowest BCUT2D eigenvalue weighted by atomic mass is 9.93. The molecular formula is C13H24N6O. The molecule has 20 heavy (non-hydrogen) atoms. The lowest BCUT2D eigenvalue weighted by Gasteiger charge is -2.31. The number of tetrazole rings is 1. The van der Waals surface area contributed by atoms with Crippen molar-refractivity contribution in [3.63, 3.8) is 0 Å². The molecule has 0 saturated carbocycles. The first-order chi connectivity index (χ1) is 9.69. The first kappa shape index (κ1) is 14.9. The third-order valence-corrected chi connectivity index (χ3v) is 3.85. The number of carbonyl (C=O) groups excluding carboxylic acids is 1. The molecule has 2 rings (SSSR count). The molecule has 0 bridgehead atoms. The Balaban J connectivity index is 1.70. The Labute approximate surface area is 119 Å². The Morgan fingerprint density at radius 2 is 2.25 bits per heavy atom. The molecule has 2 heterocycles. The molecule has 112 valence electrons. The van der Waals surface area contributed by atoms with Crippen molar-refractivity contribution >= 4 is 5.91 Å². The smallest absolute Gasteiger partial charge is 0.220 e. The van der Waals surface area contributed by atoms with Crippen molar-refractivity contribution in [3.8, 4) is 0 Å². The molecule has 0 aromatic carbocycles. The molecule has 1 saturated heterocycles. The maximum Gasteiger partial charge on any atom is 0.220 e.